The van der Waals surface area contributed by atoms with Gasteiger partial charge in [-0.25, -0.2) is 25.9 Å². The van der Waals surface area contributed by atoms with E-state index in [1.165, 1.54) is 44.4 Å². The second-order valence-electron chi connectivity index (χ2n) is 7.96. The predicted molar refractivity (Wildman–Crippen MR) is 115 cm³/mol. The van der Waals surface area contributed by atoms with Gasteiger partial charge in [0.15, 0.2) is 0 Å². The zero-order chi connectivity index (χ0) is 22.7. The highest BCUT2D eigenvalue weighted by Gasteiger charge is 2.24. The number of carbonyl (C=O) groups excluding carboxylic acids is 1. The van der Waals surface area contributed by atoms with Crippen molar-refractivity contribution in [2.75, 3.05) is 14.1 Å². The summed E-state index contributed by atoms with van der Waals surface area (Å²) in [5, 5.41) is 2.68. The number of hydrogen-bond acceptors (Lipinski definition) is 5. The Morgan fingerprint density at radius 2 is 1.50 bits per heavy atom. The van der Waals surface area contributed by atoms with Crippen molar-refractivity contribution < 1.29 is 21.6 Å². The number of nitrogens with zero attached hydrogens (tertiary/aromatic N) is 1. The second-order valence-corrected chi connectivity index (χ2v) is 11.8. The lowest BCUT2D eigenvalue weighted by Crippen LogP contribution is -2.41. The van der Waals surface area contributed by atoms with Crippen LogP contribution in [0.2, 0.25) is 0 Å². The summed E-state index contributed by atoms with van der Waals surface area (Å²) in [6.45, 7) is 5.23. The fraction of sp³-hybridized carbons (Fsp3) is 0.350. The summed E-state index contributed by atoms with van der Waals surface area (Å²) in [6, 6.07) is 12.0. The third-order valence-corrected chi connectivity index (χ3v) is 7.72. The number of benzene rings is 2. The zero-order valence-electron chi connectivity index (χ0n) is 17.6. The van der Waals surface area contributed by atoms with Crippen LogP contribution in [0.1, 0.15) is 36.7 Å². The van der Waals surface area contributed by atoms with E-state index in [1.807, 2.05) is 0 Å². The van der Waals surface area contributed by atoms with Gasteiger partial charge in [0.05, 0.1) is 9.79 Å². The highest BCUT2D eigenvalue weighted by atomic mass is 32.2. The Labute approximate surface area is 178 Å². The topological polar surface area (TPSA) is 113 Å². The number of nitrogens with one attached hydrogen (secondary N) is 2. The monoisotopic (exact) mass is 453 g/mol. The van der Waals surface area contributed by atoms with Gasteiger partial charge in [0, 0.05) is 31.7 Å². The van der Waals surface area contributed by atoms with Crippen LogP contribution in [0.15, 0.2) is 58.3 Å². The van der Waals surface area contributed by atoms with E-state index in [9.17, 15) is 21.6 Å². The average molecular weight is 454 g/mol. The maximum Gasteiger partial charge on any atom is 0.251 e. The summed E-state index contributed by atoms with van der Waals surface area (Å²) in [7, 11) is -4.49. The first-order valence-corrected chi connectivity index (χ1v) is 12.1. The van der Waals surface area contributed by atoms with Crippen molar-refractivity contribution >= 4 is 26.0 Å². The normalized spacial score (nSPS) is 12.7. The summed E-state index contributed by atoms with van der Waals surface area (Å²) in [5.74, 6) is -0.445. The van der Waals surface area contributed by atoms with Crippen molar-refractivity contribution in [3.05, 3.63) is 59.7 Å². The largest absolute Gasteiger partial charge is 0.348 e. The first kappa shape index (κ1) is 24.0. The van der Waals surface area contributed by atoms with E-state index in [0.717, 1.165) is 4.31 Å². The molecule has 0 radical (unpaired) electrons. The van der Waals surface area contributed by atoms with Crippen LogP contribution in [-0.2, 0) is 26.6 Å². The number of rotatable bonds is 7. The first-order valence-electron chi connectivity index (χ1n) is 9.17. The maximum absolute atomic E-state index is 12.7. The third kappa shape index (κ3) is 5.88. The Kier molecular flexibility index (Phi) is 7.08. The molecule has 2 N–H and O–H groups in total. The van der Waals surface area contributed by atoms with Gasteiger partial charge >= 0.3 is 0 Å². The molecule has 8 nitrogen and oxygen atoms in total. The van der Waals surface area contributed by atoms with Crippen LogP contribution in [0.3, 0.4) is 0 Å². The molecular weight excluding hydrogens is 426 g/mol. The summed E-state index contributed by atoms with van der Waals surface area (Å²) in [6.07, 6.45) is 0. The molecule has 0 heterocycles. The Bertz CT molecular complexity index is 1120. The second kappa shape index (κ2) is 8.84. The van der Waals surface area contributed by atoms with Crippen LogP contribution >= 0.6 is 0 Å². The van der Waals surface area contributed by atoms with Gasteiger partial charge in [0.1, 0.15) is 0 Å². The lowest BCUT2D eigenvalue weighted by Gasteiger charge is -2.21. The quantitative estimate of drug-likeness (QED) is 0.665. The molecule has 0 atom stereocenters. The van der Waals surface area contributed by atoms with Gasteiger partial charge in [-0.1, -0.05) is 18.2 Å². The SMILES string of the molecule is CN(C)S(=O)(=O)c1ccc(C(=O)NCc2ccccc2S(=O)(=O)NC(C)(C)C)cc1. The molecule has 0 bridgehead atoms. The summed E-state index contributed by atoms with van der Waals surface area (Å²) < 4.78 is 53.3. The molecule has 0 aliphatic carbocycles. The molecule has 0 fully saturated rings. The Morgan fingerprint density at radius 1 is 0.933 bits per heavy atom. The Balaban J connectivity index is 2.18. The van der Waals surface area contributed by atoms with Crippen LogP contribution in [0.4, 0.5) is 0 Å². The number of carbonyl (C=O) groups is 1. The molecule has 0 saturated carbocycles. The average Bonchev–Trinajstić information content (AvgIpc) is 2.64. The molecule has 164 valence electrons. The zero-order valence-corrected chi connectivity index (χ0v) is 19.3. The standard InChI is InChI=1S/C20H27N3O5S2/c1-20(2,3)22-29(25,26)18-9-7-6-8-16(18)14-21-19(24)15-10-12-17(13-11-15)30(27,28)23(4)5/h6-13,22H,14H2,1-5H3,(H,21,24). The number of hydrogen-bond donors (Lipinski definition) is 2. The molecule has 2 aromatic carbocycles. The van der Waals surface area contributed by atoms with Crippen molar-refractivity contribution in [1.29, 1.82) is 0 Å². The van der Waals surface area contributed by atoms with Gasteiger partial charge in [0.25, 0.3) is 5.91 Å². The van der Waals surface area contributed by atoms with Gasteiger partial charge in [-0.05, 0) is 56.7 Å². The highest BCUT2D eigenvalue weighted by molar-refractivity contribution is 7.89. The molecule has 2 rings (SSSR count). The minimum absolute atomic E-state index is 0.00218. The van der Waals surface area contributed by atoms with Crippen molar-refractivity contribution in [2.24, 2.45) is 0 Å². The van der Waals surface area contributed by atoms with E-state index in [2.05, 4.69) is 10.0 Å². The molecule has 1 amide bonds. The van der Waals surface area contributed by atoms with Gasteiger partial charge in [-0.3, -0.25) is 4.79 Å². The minimum Gasteiger partial charge on any atom is -0.348 e. The lowest BCUT2D eigenvalue weighted by atomic mass is 10.1. The van der Waals surface area contributed by atoms with Crippen LogP contribution < -0.4 is 10.0 Å². The van der Waals surface area contributed by atoms with E-state index in [4.69, 9.17) is 0 Å². The number of sulfonamides is 2. The van der Waals surface area contributed by atoms with Crippen molar-refractivity contribution in [2.45, 2.75) is 42.6 Å². The molecular formula is C20H27N3O5S2. The summed E-state index contributed by atoms with van der Waals surface area (Å²) >= 11 is 0. The maximum atomic E-state index is 12.7. The van der Waals surface area contributed by atoms with Gasteiger partial charge < -0.3 is 5.32 Å². The van der Waals surface area contributed by atoms with E-state index < -0.39 is 31.5 Å². The molecule has 2 aromatic rings. The summed E-state index contributed by atoms with van der Waals surface area (Å²) in [4.78, 5) is 12.6. The molecule has 0 aromatic heterocycles. The van der Waals surface area contributed by atoms with Crippen LogP contribution in [-0.4, -0.2) is 46.7 Å². The van der Waals surface area contributed by atoms with Gasteiger partial charge in [-0.15, -0.1) is 0 Å². The summed E-state index contributed by atoms with van der Waals surface area (Å²) in [5.41, 5.74) is 0.0550. The smallest absolute Gasteiger partial charge is 0.251 e. The Hall–Kier alpha value is -2.27. The van der Waals surface area contributed by atoms with Gasteiger partial charge in [0.2, 0.25) is 20.0 Å². The van der Waals surface area contributed by atoms with Crippen LogP contribution in [0.5, 0.6) is 0 Å². The molecule has 0 aliphatic rings. The third-order valence-electron chi connectivity index (χ3n) is 4.04. The van der Waals surface area contributed by atoms with E-state index >= 15 is 0 Å². The predicted octanol–water partition coefficient (Wildman–Crippen LogP) is 1.94. The van der Waals surface area contributed by atoms with Crippen LogP contribution in [0, 0.1) is 0 Å². The minimum atomic E-state index is -3.76. The van der Waals surface area contributed by atoms with E-state index in [-0.39, 0.29) is 21.9 Å². The molecule has 10 heteroatoms. The molecule has 0 aliphatic heterocycles. The molecule has 0 saturated heterocycles. The fourth-order valence-electron chi connectivity index (χ4n) is 2.64. The molecule has 0 unspecified atom stereocenters. The van der Waals surface area contributed by atoms with E-state index in [1.54, 1.807) is 39.0 Å². The lowest BCUT2D eigenvalue weighted by molar-refractivity contribution is 0.0950. The first-order chi connectivity index (χ1) is 13.7. The van der Waals surface area contributed by atoms with E-state index in [0.29, 0.717) is 5.56 Å². The molecule has 0 spiro atoms. The van der Waals surface area contributed by atoms with Crippen LogP contribution in [0.25, 0.3) is 0 Å². The molecule has 30 heavy (non-hydrogen) atoms. The van der Waals surface area contributed by atoms with Crippen molar-refractivity contribution in [3.63, 3.8) is 0 Å². The van der Waals surface area contributed by atoms with Crippen molar-refractivity contribution in [1.82, 2.24) is 14.3 Å². The number of amides is 1. The van der Waals surface area contributed by atoms with Gasteiger partial charge in [-0.2, -0.15) is 0 Å². The van der Waals surface area contributed by atoms with Crippen molar-refractivity contribution in [3.8, 4) is 0 Å². The highest BCUT2D eigenvalue weighted by Crippen LogP contribution is 2.18. The Morgan fingerprint density at radius 3 is 2.03 bits per heavy atom. The fourth-order valence-corrected chi connectivity index (χ4v) is 5.20.